The second-order valence-electron chi connectivity index (χ2n) is 5.97. The van der Waals surface area contributed by atoms with Crippen LogP contribution in [0.15, 0.2) is 45.3 Å². The molecule has 0 aliphatic carbocycles. The van der Waals surface area contributed by atoms with Crippen LogP contribution in [0.4, 0.5) is 0 Å². The average molecular weight is 402 g/mol. The molecule has 1 aromatic heterocycles. The highest BCUT2D eigenvalue weighted by Gasteiger charge is 2.19. The van der Waals surface area contributed by atoms with E-state index in [0.717, 1.165) is 17.7 Å². The van der Waals surface area contributed by atoms with Gasteiger partial charge < -0.3 is 9.73 Å². The Labute approximate surface area is 170 Å². The standard InChI is InChI=1S/C19H27N7OS/c1-5-20-11-23-25-16(14(4)24-26-19(28)21-6-2)17-18(27-12-22-17)15-9-7-8-13(3)10-15/h7-10,12,20,23H,5-6,11H2,1-4H3,(H2,21,26,28)/b24-14+,25-16-. The molecule has 0 aliphatic rings. The molecular weight excluding hydrogens is 374 g/mol. The number of oxazole rings is 1. The SMILES string of the molecule is CCNCN/N=C(/C(C)=N/NC(=S)NCC)c1ncoc1-c1cccc(C)c1. The normalized spacial score (nSPS) is 12.0. The molecule has 0 saturated carbocycles. The first-order valence-corrected chi connectivity index (χ1v) is 9.58. The monoisotopic (exact) mass is 401 g/mol. The molecule has 9 heteroatoms. The zero-order valence-electron chi connectivity index (χ0n) is 16.7. The molecule has 2 aromatic rings. The van der Waals surface area contributed by atoms with Gasteiger partial charge in [0.2, 0.25) is 0 Å². The molecule has 8 nitrogen and oxygen atoms in total. The van der Waals surface area contributed by atoms with Gasteiger partial charge in [-0.2, -0.15) is 10.2 Å². The highest BCUT2D eigenvalue weighted by atomic mass is 32.1. The van der Waals surface area contributed by atoms with E-state index in [2.05, 4.69) is 36.7 Å². The molecule has 4 N–H and O–H groups in total. The zero-order valence-corrected chi connectivity index (χ0v) is 17.5. The third-order valence-electron chi connectivity index (χ3n) is 3.72. The lowest BCUT2D eigenvalue weighted by atomic mass is 10.0. The number of hydrogen-bond acceptors (Lipinski definition) is 7. The Morgan fingerprint density at radius 1 is 1.21 bits per heavy atom. The topological polar surface area (TPSA) is 98.9 Å². The van der Waals surface area contributed by atoms with Gasteiger partial charge in [0.1, 0.15) is 11.4 Å². The molecule has 0 saturated heterocycles. The van der Waals surface area contributed by atoms with Crippen LogP contribution in [0.25, 0.3) is 11.3 Å². The maximum Gasteiger partial charge on any atom is 0.186 e. The number of rotatable bonds is 9. The number of aromatic nitrogens is 1. The largest absolute Gasteiger partial charge is 0.443 e. The molecule has 0 aliphatic heterocycles. The zero-order chi connectivity index (χ0) is 20.4. The summed E-state index contributed by atoms with van der Waals surface area (Å²) in [6.45, 7) is 9.93. The molecule has 1 aromatic carbocycles. The number of nitrogens with one attached hydrogen (secondary N) is 4. The Hall–Kier alpha value is -2.78. The van der Waals surface area contributed by atoms with E-state index in [1.165, 1.54) is 6.39 Å². The van der Waals surface area contributed by atoms with Crippen molar-refractivity contribution in [2.75, 3.05) is 19.8 Å². The Balaban J connectivity index is 2.36. The summed E-state index contributed by atoms with van der Waals surface area (Å²) in [5.74, 6) is 0.636. The number of thiocarbonyl (C=S) groups is 1. The smallest absolute Gasteiger partial charge is 0.186 e. The van der Waals surface area contributed by atoms with Gasteiger partial charge in [0.15, 0.2) is 17.3 Å². The van der Waals surface area contributed by atoms with E-state index in [0.29, 0.717) is 41.2 Å². The van der Waals surface area contributed by atoms with Crippen molar-refractivity contribution in [1.82, 2.24) is 26.5 Å². The van der Waals surface area contributed by atoms with Crippen molar-refractivity contribution < 1.29 is 4.42 Å². The van der Waals surface area contributed by atoms with Crippen LogP contribution >= 0.6 is 12.2 Å². The number of benzene rings is 1. The minimum atomic E-state index is 0.445. The average Bonchev–Trinajstić information content (AvgIpc) is 3.16. The lowest BCUT2D eigenvalue weighted by molar-refractivity contribution is 0.571. The summed E-state index contributed by atoms with van der Waals surface area (Å²) in [6, 6.07) is 8.03. The predicted octanol–water partition coefficient (Wildman–Crippen LogP) is 2.37. The fourth-order valence-corrected chi connectivity index (χ4v) is 2.59. The number of hydrogen-bond donors (Lipinski definition) is 4. The molecule has 2 rings (SSSR count). The van der Waals surface area contributed by atoms with E-state index in [9.17, 15) is 0 Å². The van der Waals surface area contributed by atoms with Crippen LogP contribution in [0.5, 0.6) is 0 Å². The molecule has 0 radical (unpaired) electrons. The summed E-state index contributed by atoms with van der Waals surface area (Å²) < 4.78 is 5.68. The molecule has 0 amide bonds. The van der Waals surface area contributed by atoms with Crippen LogP contribution in [0.1, 0.15) is 32.0 Å². The summed E-state index contributed by atoms with van der Waals surface area (Å²) >= 11 is 5.17. The van der Waals surface area contributed by atoms with Crippen LogP contribution < -0.4 is 21.5 Å². The van der Waals surface area contributed by atoms with E-state index in [1.54, 1.807) is 0 Å². The van der Waals surface area contributed by atoms with Crippen LogP contribution in [-0.2, 0) is 0 Å². The fourth-order valence-electron chi connectivity index (χ4n) is 2.40. The molecule has 28 heavy (non-hydrogen) atoms. The van der Waals surface area contributed by atoms with Gasteiger partial charge in [-0.3, -0.25) is 16.2 Å². The van der Waals surface area contributed by atoms with E-state index in [4.69, 9.17) is 16.6 Å². The minimum Gasteiger partial charge on any atom is -0.443 e. The molecule has 0 fully saturated rings. The number of hydrazone groups is 2. The molecule has 0 spiro atoms. The van der Waals surface area contributed by atoms with Gasteiger partial charge in [-0.15, -0.1) is 0 Å². The van der Waals surface area contributed by atoms with Crippen molar-refractivity contribution in [3.8, 4) is 11.3 Å². The lowest BCUT2D eigenvalue weighted by Gasteiger charge is -2.09. The lowest BCUT2D eigenvalue weighted by Crippen LogP contribution is -2.33. The van der Waals surface area contributed by atoms with Crippen molar-refractivity contribution >= 4 is 28.8 Å². The molecule has 0 bridgehead atoms. The quantitative estimate of drug-likeness (QED) is 0.168. The van der Waals surface area contributed by atoms with Crippen LogP contribution in [0.3, 0.4) is 0 Å². The van der Waals surface area contributed by atoms with Gasteiger partial charge in [0.25, 0.3) is 0 Å². The highest BCUT2D eigenvalue weighted by Crippen LogP contribution is 2.24. The van der Waals surface area contributed by atoms with Crippen LogP contribution in [-0.4, -0.2) is 41.3 Å². The second kappa shape index (κ2) is 11.2. The number of aryl methyl sites for hydroxylation is 1. The molecule has 0 atom stereocenters. The van der Waals surface area contributed by atoms with Gasteiger partial charge >= 0.3 is 0 Å². The summed E-state index contributed by atoms with van der Waals surface area (Å²) in [7, 11) is 0. The first-order chi connectivity index (χ1) is 13.6. The highest BCUT2D eigenvalue weighted by molar-refractivity contribution is 7.80. The third kappa shape index (κ3) is 6.14. The van der Waals surface area contributed by atoms with Crippen molar-refractivity contribution in [3.63, 3.8) is 0 Å². The van der Waals surface area contributed by atoms with E-state index >= 15 is 0 Å². The van der Waals surface area contributed by atoms with E-state index < -0.39 is 0 Å². The van der Waals surface area contributed by atoms with Gasteiger partial charge in [-0.1, -0.05) is 30.7 Å². The third-order valence-corrected chi connectivity index (χ3v) is 3.96. The van der Waals surface area contributed by atoms with Gasteiger partial charge in [-0.05, 0) is 45.6 Å². The summed E-state index contributed by atoms with van der Waals surface area (Å²) in [4.78, 5) is 4.39. The maximum atomic E-state index is 5.68. The van der Waals surface area contributed by atoms with Crippen LogP contribution in [0.2, 0.25) is 0 Å². The summed E-state index contributed by atoms with van der Waals surface area (Å²) in [5.41, 5.74) is 9.66. The van der Waals surface area contributed by atoms with Gasteiger partial charge in [0, 0.05) is 12.1 Å². The molecule has 0 unspecified atom stereocenters. The molecule has 1 heterocycles. The van der Waals surface area contributed by atoms with E-state index in [1.807, 2.05) is 52.0 Å². The molecule has 150 valence electrons. The van der Waals surface area contributed by atoms with E-state index in [-0.39, 0.29) is 0 Å². The Morgan fingerprint density at radius 2 is 2.04 bits per heavy atom. The van der Waals surface area contributed by atoms with Crippen molar-refractivity contribution in [1.29, 1.82) is 0 Å². The molecular formula is C19H27N7OS. The van der Waals surface area contributed by atoms with Gasteiger partial charge in [-0.25, -0.2) is 4.98 Å². The Kier molecular flexibility index (Phi) is 8.57. The Bertz CT molecular complexity index is 844. The van der Waals surface area contributed by atoms with Crippen molar-refractivity contribution in [3.05, 3.63) is 41.9 Å². The number of nitrogens with zero attached hydrogens (tertiary/aromatic N) is 3. The van der Waals surface area contributed by atoms with Crippen molar-refractivity contribution in [2.24, 2.45) is 10.2 Å². The summed E-state index contributed by atoms with van der Waals surface area (Å²) in [6.07, 6.45) is 1.41. The predicted molar refractivity (Wildman–Crippen MR) is 117 cm³/mol. The van der Waals surface area contributed by atoms with Crippen LogP contribution in [0, 0.1) is 6.92 Å². The first-order valence-electron chi connectivity index (χ1n) is 9.17. The maximum absolute atomic E-state index is 5.68. The second-order valence-corrected chi connectivity index (χ2v) is 6.38. The Morgan fingerprint density at radius 3 is 2.75 bits per heavy atom. The summed E-state index contributed by atoms with van der Waals surface area (Å²) in [5, 5.41) is 15.4. The minimum absolute atomic E-state index is 0.445. The van der Waals surface area contributed by atoms with Crippen molar-refractivity contribution in [2.45, 2.75) is 27.7 Å². The van der Waals surface area contributed by atoms with Gasteiger partial charge in [0.05, 0.1) is 12.4 Å². The first kappa shape index (κ1) is 21.5. The fraction of sp³-hybridized carbons (Fsp3) is 0.368.